The minimum absolute atomic E-state index is 0.117. The molecule has 0 spiro atoms. The second kappa shape index (κ2) is 6.81. The van der Waals surface area contributed by atoms with E-state index < -0.39 is 11.7 Å². The SMILES string of the molecule is NCCCN(C(=O)c1ccncc1O)c1cccc(F)c1. The van der Waals surface area contributed by atoms with E-state index in [4.69, 9.17) is 5.73 Å². The van der Waals surface area contributed by atoms with Crippen molar-refractivity contribution in [3.63, 3.8) is 0 Å². The number of anilines is 1. The summed E-state index contributed by atoms with van der Waals surface area (Å²) in [5.41, 5.74) is 6.02. The van der Waals surface area contributed by atoms with Gasteiger partial charge in [-0.2, -0.15) is 0 Å². The van der Waals surface area contributed by atoms with Crippen LogP contribution in [0.5, 0.6) is 5.75 Å². The average Bonchev–Trinajstić information content (AvgIpc) is 2.48. The summed E-state index contributed by atoms with van der Waals surface area (Å²) in [6.07, 6.45) is 3.17. The summed E-state index contributed by atoms with van der Waals surface area (Å²) >= 11 is 0. The number of hydrogen-bond donors (Lipinski definition) is 2. The fraction of sp³-hybridized carbons (Fsp3) is 0.200. The van der Waals surface area contributed by atoms with Crippen molar-refractivity contribution in [1.29, 1.82) is 0 Å². The van der Waals surface area contributed by atoms with Crippen molar-refractivity contribution < 1.29 is 14.3 Å². The van der Waals surface area contributed by atoms with Crippen LogP contribution in [-0.4, -0.2) is 29.1 Å². The Morgan fingerprint density at radius 2 is 2.19 bits per heavy atom. The lowest BCUT2D eigenvalue weighted by Gasteiger charge is -2.23. The van der Waals surface area contributed by atoms with Gasteiger partial charge < -0.3 is 15.7 Å². The number of nitrogens with two attached hydrogens (primary N) is 1. The molecule has 0 saturated heterocycles. The summed E-state index contributed by atoms with van der Waals surface area (Å²) in [7, 11) is 0. The third kappa shape index (κ3) is 3.55. The highest BCUT2D eigenvalue weighted by Crippen LogP contribution is 2.22. The highest BCUT2D eigenvalue weighted by Gasteiger charge is 2.20. The number of halogens is 1. The van der Waals surface area contributed by atoms with E-state index in [-0.39, 0.29) is 11.3 Å². The van der Waals surface area contributed by atoms with Gasteiger partial charge in [0.05, 0.1) is 11.8 Å². The molecular formula is C15H16FN3O2. The fourth-order valence-electron chi connectivity index (χ4n) is 1.95. The highest BCUT2D eigenvalue weighted by molar-refractivity contribution is 6.07. The Morgan fingerprint density at radius 3 is 2.86 bits per heavy atom. The monoisotopic (exact) mass is 289 g/mol. The molecule has 1 amide bonds. The van der Waals surface area contributed by atoms with Crippen LogP contribution in [0.3, 0.4) is 0 Å². The summed E-state index contributed by atoms with van der Waals surface area (Å²) in [5.74, 6) is -1.07. The van der Waals surface area contributed by atoms with E-state index in [9.17, 15) is 14.3 Å². The fourth-order valence-corrected chi connectivity index (χ4v) is 1.95. The summed E-state index contributed by atoms with van der Waals surface area (Å²) in [6.45, 7) is 0.738. The lowest BCUT2D eigenvalue weighted by atomic mass is 10.2. The van der Waals surface area contributed by atoms with Gasteiger partial charge in [0, 0.05) is 18.4 Å². The first kappa shape index (κ1) is 14.9. The molecule has 0 atom stereocenters. The van der Waals surface area contributed by atoms with Gasteiger partial charge >= 0.3 is 0 Å². The minimum Gasteiger partial charge on any atom is -0.505 e. The van der Waals surface area contributed by atoms with E-state index in [0.29, 0.717) is 25.2 Å². The molecule has 0 bridgehead atoms. The van der Waals surface area contributed by atoms with Gasteiger partial charge in [0.15, 0.2) is 0 Å². The Bertz CT molecular complexity index is 634. The predicted molar refractivity (Wildman–Crippen MR) is 77.6 cm³/mol. The van der Waals surface area contributed by atoms with Crippen molar-refractivity contribution in [2.24, 2.45) is 5.73 Å². The molecule has 21 heavy (non-hydrogen) atoms. The van der Waals surface area contributed by atoms with E-state index in [2.05, 4.69) is 4.98 Å². The molecule has 6 heteroatoms. The molecule has 0 aliphatic heterocycles. The second-order valence-corrected chi connectivity index (χ2v) is 4.47. The van der Waals surface area contributed by atoms with Crippen LogP contribution in [0, 0.1) is 5.82 Å². The number of amides is 1. The van der Waals surface area contributed by atoms with Crippen LogP contribution in [-0.2, 0) is 0 Å². The molecule has 5 nitrogen and oxygen atoms in total. The van der Waals surface area contributed by atoms with Gasteiger partial charge in [0.2, 0.25) is 0 Å². The number of hydrogen-bond acceptors (Lipinski definition) is 4. The normalized spacial score (nSPS) is 10.4. The van der Waals surface area contributed by atoms with Crippen molar-refractivity contribution in [2.75, 3.05) is 18.0 Å². The zero-order valence-electron chi connectivity index (χ0n) is 11.4. The maximum absolute atomic E-state index is 13.4. The summed E-state index contributed by atoms with van der Waals surface area (Å²) < 4.78 is 13.4. The quantitative estimate of drug-likeness (QED) is 0.881. The smallest absolute Gasteiger partial charge is 0.262 e. The van der Waals surface area contributed by atoms with Crippen LogP contribution in [0.1, 0.15) is 16.8 Å². The van der Waals surface area contributed by atoms with Crippen molar-refractivity contribution in [2.45, 2.75) is 6.42 Å². The van der Waals surface area contributed by atoms with E-state index >= 15 is 0 Å². The van der Waals surface area contributed by atoms with Crippen LogP contribution in [0.15, 0.2) is 42.7 Å². The summed E-state index contributed by atoms with van der Waals surface area (Å²) in [5, 5.41) is 9.75. The van der Waals surface area contributed by atoms with Crippen LogP contribution >= 0.6 is 0 Å². The van der Waals surface area contributed by atoms with Crippen LogP contribution in [0.2, 0.25) is 0 Å². The lowest BCUT2D eigenvalue weighted by Crippen LogP contribution is -2.33. The largest absolute Gasteiger partial charge is 0.505 e. The molecule has 0 unspecified atom stereocenters. The molecule has 0 radical (unpaired) electrons. The molecule has 0 fully saturated rings. The topological polar surface area (TPSA) is 79.5 Å². The third-order valence-corrected chi connectivity index (χ3v) is 2.98. The molecule has 0 aliphatic carbocycles. The van der Waals surface area contributed by atoms with Gasteiger partial charge in [-0.1, -0.05) is 6.07 Å². The predicted octanol–water partition coefficient (Wildman–Crippen LogP) is 1.92. The molecule has 0 saturated carbocycles. The van der Waals surface area contributed by atoms with Gasteiger partial charge in [-0.15, -0.1) is 0 Å². The molecule has 110 valence electrons. The minimum atomic E-state index is -0.433. The third-order valence-electron chi connectivity index (χ3n) is 2.98. The molecular weight excluding hydrogens is 273 g/mol. The van der Waals surface area contributed by atoms with E-state index in [1.807, 2.05) is 0 Å². The van der Waals surface area contributed by atoms with Crippen molar-refractivity contribution in [3.8, 4) is 5.75 Å². The molecule has 1 heterocycles. The number of carbonyl (C=O) groups is 1. The Balaban J connectivity index is 2.36. The summed E-state index contributed by atoms with van der Waals surface area (Å²) in [6, 6.07) is 7.16. The molecule has 3 N–H and O–H groups in total. The Kier molecular flexibility index (Phi) is 4.84. The van der Waals surface area contributed by atoms with Gasteiger partial charge in [-0.3, -0.25) is 9.78 Å². The van der Waals surface area contributed by atoms with E-state index in [1.165, 1.54) is 41.6 Å². The zero-order valence-corrected chi connectivity index (χ0v) is 11.4. The van der Waals surface area contributed by atoms with E-state index in [1.54, 1.807) is 6.07 Å². The van der Waals surface area contributed by atoms with Crippen LogP contribution < -0.4 is 10.6 Å². The molecule has 1 aromatic heterocycles. The van der Waals surface area contributed by atoms with Crippen LogP contribution in [0.4, 0.5) is 10.1 Å². The lowest BCUT2D eigenvalue weighted by molar-refractivity contribution is 0.0984. The Labute approximate surface area is 121 Å². The first-order chi connectivity index (χ1) is 10.1. The van der Waals surface area contributed by atoms with Crippen molar-refractivity contribution in [3.05, 3.63) is 54.1 Å². The molecule has 1 aromatic carbocycles. The maximum atomic E-state index is 13.4. The number of aromatic nitrogens is 1. The maximum Gasteiger partial charge on any atom is 0.262 e. The zero-order chi connectivity index (χ0) is 15.2. The average molecular weight is 289 g/mol. The summed E-state index contributed by atoms with van der Waals surface area (Å²) in [4.78, 5) is 17.7. The van der Waals surface area contributed by atoms with Gasteiger partial charge in [0.1, 0.15) is 11.6 Å². The van der Waals surface area contributed by atoms with Gasteiger partial charge in [0.25, 0.3) is 5.91 Å². The molecule has 2 aromatic rings. The number of carbonyl (C=O) groups excluding carboxylic acids is 1. The van der Waals surface area contributed by atoms with Crippen LogP contribution in [0.25, 0.3) is 0 Å². The van der Waals surface area contributed by atoms with Crippen molar-refractivity contribution >= 4 is 11.6 Å². The number of pyridine rings is 1. The first-order valence-corrected chi connectivity index (χ1v) is 6.54. The van der Waals surface area contributed by atoms with E-state index in [0.717, 1.165) is 0 Å². The number of aromatic hydroxyl groups is 1. The Hall–Kier alpha value is -2.47. The molecule has 0 aliphatic rings. The highest BCUT2D eigenvalue weighted by atomic mass is 19.1. The van der Waals surface area contributed by atoms with Gasteiger partial charge in [-0.25, -0.2) is 4.39 Å². The first-order valence-electron chi connectivity index (χ1n) is 6.54. The standard InChI is InChI=1S/C15H16FN3O2/c16-11-3-1-4-12(9-11)19(8-2-6-17)15(21)13-5-7-18-10-14(13)20/h1,3-5,7,9-10,20H,2,6,8,17H2. The Morgan fingerprint density at radius 1 is 1.38 bits per heavy atom. The number of benzene rings is 1. The van der Waals surface area contributed by atoms with Gasteiger partial charge in [-0.05, 0) is 37.2 Å². The van der Waals surface area contributed by atoms with Crippen molar-refractivity contribution in [1.82, 2.24) is 4.98 Å². The number of rotatable bonds is 5. The molecule has 2 rings (SSSR count). The second-order valence-electron chi connectivity index (χ2n) is 4.47. The number of nitrogens with zero attached hydrogens (tertiary/aromatic N) is 2.